The van der Waals surface area contributed by atoms with Crippen molar-refractivity contribution in [3.05, 3.63) is 41.2 Å². The second-order valence-corrected chi connectivity index (χ2v) is 6.53. The summed E-state index contributed by atoms with van der Waals surface area (Å²) in [4.78, 5) is 0.102. The van der Waals surface area contributed by atoms with E-state index in [-0.39, 0.29) is 17.1 Å². The Morgan fingerprint density at radius 3 is 2.80 bits per heavy atom. The fourth-order valence-corrected chi connectivity index (χ4v) is 2.89. The van der Waals surface area contributed by atoms with Crippen LogP contribution in [0.25, 0.3) is 0 Å². The number of anilines is 1. The molecule has 0 saturated heterocycles. The SMILES string of the molecule is Cn1cc(CCNS(=O)(=O)c2ccc(Cl)c(N)c2)cn1. The molecule has 1 aromatic heterocycles. The molecule has 0 unspecified atom stereocenters. The van der Waals surface area contributed by atoms with Gasteiger partial charge in [0.05, 0.1) is 21.8 Å². The van der Waals surface area contributed by atoms with Crippen LogP contribution in [-0.4, -0.2) is 24.7 Å². The van der Waals surface area contributed by atoms with Gasteiger partial charge >= 0.3 is 0 Å². The average molecular weight is 315 g/mol. The molecule has 0 spiro atoms. The van der Waals surface area contributed by atoms with Gasteiger partial charge in [-0.3, -0.25) is 4.68 Å². The molecule has 2 aromatic rings. The number of rotatable bonds is 5. The van der Waals surface area contributed by atoms with Crippen molar-refractivity contribution in [3.63, 3.8) is 0 Å². The number of halogens is 1. The molecule has 0 aliphatic heterocycles. The fraction of sp³-hybridized carbons (Fsp3) is 0.250. The number of aryl methyl sites for hydroxylation is 1. The maximum atomic E-state index is 12.1. The predicted molar refractivity (Wildman–Crippen MR) is 78.0 cm³/mol. The van der Waals surface area contributed by atoms with E-state index in [9.17, 15) is 8.42 Å². The quantitative estimate of drug-likeness (QED) is 0.811. The maximum Gasteiger partial charge on any atom is 0.240 e. The highest BCUT2D eigenvalue weighted by Crippen LogP contribution is 2.21. The zero-order valence-corrected chi connectivity index (χ0v) is 12.4. The molecule has 8 heteroatoms. The maximum absolute atomic E-state index is 12.1. The summed E-state index contributed by atoms with van der Waals surface area (Å²) in [6, 6.07) is 4.23. The van der Waals surface area contributed by atoms with Crippen molar-refractivity contribution in [2.75, 3.05) is 12.3 Å². The number of aromatic nitrogens is 2. The van der Waals surface area contributed by atoms with Crippen molar-refractivity contribution in [1.82, 2.24) is 14.5 Å². The van der Waals surface area contributed by atoms with Crippen LogP contribution in [0.3, 0.4) is 0 Å². The van der Waals surface area contributed by atoms with E-state index < -0.39 is 10.0 Å². The molecule has 0 bridgehead atoms. The third-order valence-electron chi connectivity index (χ3n) is 2.74. The van der Waals surface area contributed by atoms with Crippen molar-refractivity contribution in [2.24, 2.45) is 7.05 Å². The number of nitrogens with two attached hydrogens (primary N) is 1. The van der Waals surface area contributed by atoms with Gasteiger partial charge in [0.15, 0.2) is 0 Å². The van der Waals surface area contributed by atoms with Gasteiger partial charge in [0.1, 0.15) is 0 Å². The Bertz CT molecular complexity index is 712. The molecule has 0 atom stereocenters. The number of nitrogen functional groups attached to an aromatic ring is 1. The summed E-state index contributed by atoms with van der Waals surface area (Å²) in [5.74, 6) is 0. The Kier molecular flexibility index (Phi) is 4.32. The first-order valence-corrected chi connectivity index (χ1v) is 7.77. The molecule has 0 radical (unpaired) electrons. The minimum absolute atomic E-state index is 0.102. The molecule has 0 amide bonds. The van der Waals surface area contributed by atoms with Crippen LogP contribution >= 0.6 is 11.6 Å². The summed E-state index contributed by atoms with van der Waals surface area (Å²) in [5, 5.41) is 4.35. The van der Waals surface area contributed by atoms with Gasteiger partial charge in [0, 0.05) is 19.8 Å². The van der Waals surface area contributed by atoms with Crippen LogP contribution in [0.5, 0.6) is 0 Å². The average Bonchev–Trinajstić information content (AvgIpc) is 2.78. The highest BCUT2D eigenvalue weighted by atomic mass is 35.5. The fourth-order valence-electron chi connectivity index (χ4n) is 1.70. The molecular weight excluding hydrogens is 300 g/mol. The lowest BCUT2D eigenvalue weighted by molar-refractivity contribution is 0.581. The monoisotopic (exact) mass is 314 g/mol. The Balaban J connectivity index is 2.02. The van der Waals surface area contributed by atoms with Crippen LogP contribution in [-0.2, 0) is 23.5 Å². The molecular formula is C12H15ClN4O2S. The molecule has 6 nitrogen and oxygen atoms in total. The van der Waals surface area contributed by atoms with Gasteiger partial charge < -0.3 is 5.73 Å². The first-order chi connectivity index (χ1) is 9.38. The molecule has 1 heterocycles. The molecule has 0 saturated carbocycles. The predicted octanol–water partition coefficient (Wildman–Crippen LogP) is 1.18. The van der Waals surface area contributed by atoms with Crippen LogP contribution in [0.2, 0.25) is 5.02 Å². The van der Waals surface area contributed by atoms with Crippen LogP contribution in [0.15, 0.2) is 35.5 Å². The van der Waals surface area contributed by atoms with E-state index in [1.165, 1.54) is 18.2 Å². The minimum Gasteiger partial charge on any atom is -0.397 e. The molecule has 3 N–H and O–H groups in total. The summed E-state index contributed by atoms with van der Waals surface area (Å²) >= 11 is 5.77. The van der Waals surface area contributed by atoms with Gasteiger partial charge in [-0.05, 0) is 30.2 Å². The van der Waals surface area contributed by atoms with Crippen molar-refractivity contribution in [2.45, 2.75) is 11.3 Å². The van der Waals surface area contributed by atoms with E-state index in [1.54, 1.807) is 10.9 Å². The zero-order chi connectivity index (χ0) is 14.8. The Labute approximate surface area is 122 Å². The van der Waals surface area contributed by atoms with E-state index in [0.717, 1.165) is 5.56 Å². The normalized spacial score (nSPS) is 11.7. The molecule has 0 fully saturated rings. The second-order valence-electron chi connectivity index (χ2n) is 4.35. The molecule has 0 aliphatic rings. The number of nitrogens with one attached hydrogen (secondary N) is 1. The van der Waals surface area contributed by atoms with Crippen LogP contribution in [0.1, 0.15) is 5.56 Å². The minimum atomic E-state index is -3.58. The standard InChI is InChI=1S/C12H15ClN4O2S/c1-17-8-9(7-15-17)4-5-16-20(18,19)10-2-3-11(13)12(14)6-10/h2-3,6-8,16H,4-5,14H2,1H3. The summed E-state index contributed by atoms with van der Waals surface area (Å²) in [6.07, 6.45) is 4.11. The van der Waals surface area contributed by atoms with E-state index in [4.69, 9.17) is 17.3 Å². The third kappa shape index (κ3) is 3.50. The number of hydrogen-bond acceptors (Lipinski definition) is 4. The highest BCUT2D eigenvalue weighted by molar-refractivity contribution is 7.89. The van der Waals surface area contributed by atoms with Gasteiger partial charge in [0.2, 0.25) is 10.0 Å². The van der Waals surface area contributed by atoms with E-state index in [2.05, 4.69) is 9.82 Å². The largest absolute Gasteiger partial charge is 0.397 e. The molecule has 20 heavy (non-hydrogen) atoms. The summed E-state index contributed by atoms with van der Waals surface area (Å²) in [5.41, 5.74) is 6.81. The lowest BCUT2D eigenvalue weighted by Gasteiger charge is -2.07. The van der Waals surface area contributed by atoms with E-state index >= 15 is 0 Å². The molecule has 2 rings (SSSR count). The highest BCUT2D eigenvalue weighted by Gasteiger charge is 2.14. The van der Waals surface area contributed by atoms with Crippen molar-refractivity contribution in [1.29, 1.82) is 0 Å². The van der Waals surface area contributed by atoms with Crippen molar-refractivity contribution in [3.8, 4) is 0 Å². The van der Waals surface area contributed by atoms with Gasteiger partial charge in [-0.2, -0.15) is 5.10 Å². The van der Waals surface area contributed by atoms with E-state index in [1.807, 2.05) is 13.2 Å². The van der Waals surface area contributed by atoms with Gasteiger partial charge in [-0.1, -0.05) is 11.6 Å². The summed E-state index contributed by atoms with van der Waals surface area (Å²) in [6.45, 7) is 0.288. The van der Waals surface area contributed by atoms with Crippen LogP contribution in [0, 0.1) is 0 Å². The van der Waals surface area contributed by atoms with Crippen LogP contribution < -0.4 is 10.5 Å². The number of benzene rings is 1. The topological polar surface area (TPSA) is 90.0 Å². The zero-order valence-electron chi connectivity index (χ0n) is 10.9. The second kappa shape index (κ2) is 5.82. The number of hydrogen-bond donors (Lipinski definition) is 2. The first kappa shape index (κ1) is 14.8. The van der Waals surface area contributed by atoms with Crippen molar-refractivity contribution >= 4 is 27.3 Å². The van der Waals surface area contributed by atoms with Gasteiger partial charge in [-0.15, -0.1) is 0 Å². The van der Waals surface area contributed by atoms with E-state index in [0.29, 0.717) is 11.4 Å². The Morgan fingerprint density at radius 1 is 1.45 bits per heavy atom. The third-order valence-corrected chi connectivity index (χ3v) is 4.54. The number of nitrogens with zero attached hydrogens (tertiary/aromatic N) is 2. The lowest BCUT2D eigenvalue weighted by Crippen LogP contribution is -2.26. The van der Waals surface area contributed by atoms with Gasteiger partial charge in [-0.25, -0.2) is 13.1 Å². The molecule has 0 aliphatic carbocycles. The van der Waals surface area contributed by atoms with Gasteiger partial charge in [0.25, 0.3) is 0 Å². The molecule has 1 aromatic carbocycles. The Morgan fingerprint density at radius 2 is 2.20 bits per heavy atom. The first-order valence-electron chi connectivity index (χ1n) is 5.91. The number of sulfonamides is 1. The van der Waals surface area contributed by atoms with Crippen molar-refractivity contribution < 1.29 is 8.42 Å². The summed E-state index contributed by atoms with van der Waals surface area (Å²) < 4.78 is 28.3. The Hall–Kier alpha value is -1.57. The lowest BCUT2D eigenvalue weighted by atomic mass is 10.3. The summed E-state index contributed by atoms with van der Waals surface area (Å²) in [7, 11) is -1.77. The molecule has 108 valence electrons. The van der Waals surface area contributed by atoms with Crippen LogP contribution in [0.4, 0.5) is 5.69 Å². The smallest absolute Gasteiger partial charge is 0.240 e.